The maximum absolute atomic E-state index is 15.2. The average Bonchev–Trinajstić information content (AvgIpc) is 0.842. The van der Waals surface area contributed by atoms with E-state index in [0.717, 1.165) is 58.1 Å². The fourth-order valence-electron chi connectivity index (χ4n) is 13.6. The minimum Gasteiger partial charge on any atom is -0.390 e. The molecule has 0 bridgehead atoms. The topological polar surface area (TPSA) is 299 Å². The van der Waals surface area contributed by atoms with Gasteiger partial charge in [-0.05, 0) is 133 Å². The predicted octanol–water partition coefficient (Wildman–Crippen LogP) is 3.87. The van der Waals surface area contributed by atoms with Gasteiger partial charge in [0.05, 0.1) is 19.1 Å². The number of likely N-dealkylation sites (N-methyl/N-ethyl adjacent to an activating group) is 7. The molecule has 0 aromatic heterocycles. The first kappa shape index (κ1) is 81.0. The summed E-state index contributed by atoms with van der Waals surface area (Å²) in [6.07, 6.45) is 4.22. The molecule has 12 amide bonds. The van der Waals surface area contributed by atoms with E-state index < -0.39 is 162 Å². The van der Waals surface area contributed by atoms with Gasteiger partial charge in [-0.1, -0.05) is 87.5 Å². The number of aliphatic hydroxyl groups is 1. The molecule has 2 heterocycles. The number of nitrogens with zero attached hydrogens (tertiary/aromatic N) is 8. The molecular weight excluding hydrogens is 1220 g/mol. The van der Waals surface area contributed by atoms with Crippen LogP contribution in [0.15, 0.2) is 0 Å². The molecule has 5 N–H and O–H groups in total. The third kappa shape index (κ3) is 23.1. The number of rotatable bonds is 13. The minimum atomic E-state index is -1.60. The fourth-order valence-corrected chi connectivity index (χ4v) is 13.6. The summed E-state index contributed by atoms with van der Waals surface area (Å²) in [7, 11) is 9.90. The maximum atomic E-state index is 15.2. The van der Waals surface area contributed by atoms with E-state index in [1.165, 1.54) is 84.8 Å². The van der Waals surface area contributed by atoms with Crippen molar-refractivity contribution in [2.24, 2.45) is 35.5 Å². The summed E-state index contributed by atoms with van der Waals surface area (Å²) in [6, 6.07) is -12.4. The number of halogens is 1. The Bertz CT molecular complexity index is 2650. The predicted molar refractivity (Wildman–Crippen MR) is 359 cm³/mol. The largest absolute Gasteiger partial charge is 0.390 e. The van der Waals surface area contributed by atoms with E-state index in [0.29, 0.717) is 32.4 Å². The number of carbonyl (C=O) groups excluding carboxylic acids is 12. The molecule has 0 radical (unpaired) electrons. The van der Waals surface area contributed by atoms with Crippen molar-refractivity contribution >= 4 is 70.9 Å². The zero-order valence-corrected chi connectivity index (χ0v) is 60.5. The average molecular weight is 1340 g/mol. The molecule has 2 saturated heterocycles. The summed E-state index contributed by atoms with van der Waals surface area (Å²) >= 11 is 0. The number of hydrogen-bond acceptors (Lipinski definition) is 13. The minimum absolute atomic E-state index is 0.0464. The van der Waals surface area contributed by atoms with Crippen molar-refractivity contribution < 1.29 is 67.0 Å². The molecule has 13 atom stereocenters. The summed E-state index contributed by atoms with van der Waals surface area (Å²) < 4.78 is 15.2. The number of likely N-dealkylation sites (tertiary alicyclic amines) is 1. The monoisotopic (exact) mass is 1340 g/mol. The molecule has 0 aromatic rings. The van der Waals surface area contributed by atoms with Crippen LogP contribution in [0, 0.1) is 35.5 Å². The molecule has 2 aliphatic carbocycles. The molecule has 4 rings (SSSR count). The Kier molecular flexibility index (Phi) is 31.8. The SMILES string of the molecule is CC(C)C[C@@H]1NC(=O)[C@H](C)N(C)C(=O)C[C@@H](C(=O)N2CCCCC2)NC(=O)[C@H](CC(C)C)N(C)C(=O)CN(C)C(=O)[C@H](CC2CCC(O)C(F)C2)NC(=O)[C@H](CC(C)C)N(C)C(=O)[C@H](C)N(C)C(=O)[C@H](C)NC(=O)[C@H](CC2CCCCC2)N(C)C(=O)[C@H](CC(C)C)N(C)C1=O. The van der Waals surface area contributed by atoms with Crippen molar-refractivity contribution in [3.8, 4) is 0 Å². The van der Waals surface area contributed by atoms with Gasteiger partial charge in [0.25, 0.3) is 0 Å². The van der Waals surface area contributed by atoms with Crippen LogP contribution in [0.3, 0.4) is 0 Å². The zero-order valence-electron chi connectivity index (χ0n) is 60.5. The van der Waals surface area contributed by atoms with Crippen LogP contribution < -0.4 is 21.3 Å². The highest BCUT2D eigenvalue weighted by Gasteiger charge is 2.44. The second kappa shape index (κ2) is 37.3. The lowest BCUT2D eigenvalue weighted by molar-refractivity contribution is -0.151. The molecular formula is C69H119FN12O13. The Hall–Kier alpha value is -6.47. The summed E-state index contributed by atoms with van der Waals surface area (Å²) in [6.45, 7) is 19.4. The third-order valence-electron chi connectivity index (χ3n) is 20.0. The van der Waals surface area contributed by atoms with Crippen LogP contribution in [0.25, 0.3) is 0 Å². The van der Waals surface area contributed by atoms with Gasteiger partial charge in [0.1, 0.15) is 66.6 Å². The smallest absolute Gasteiger partial charge is 0.245 e. The molecule has 3 unspecified atom stereocenters. The van der Waals surface area contributed by atoms with Crippen LogP contribution in [-0.4, -0.2) is 257 Å². The van der Waals surface area contributed by atoms with E-state index in [9.17, 15) is 57.8 Å². The second-order valence-electron chi connectivity index (χ2n) is 29.7. The van der Waals surface area contributed by atoms with E-state index in [1.807, 2.05) is 55.4 Å². The highest BCUT2D eigenvalue weighted by Crippen LogP contribution is 2.32. The van der Waals surface area contributed by atoms with E-state index >= 15 is 9.18 Å². The first-order valence-corrected chi connectivity index (χ1v) is 35.0. The van der Waals surface area contributed by atoms with Crippen molar-refractivity contribution in [1.29, 1.82) is 0 Å². The van der Waals surface area contributed by atoms with Crippen LogP contribution in [-0.2, 0) is 57.5 Å². The van der Waals surface area contributed by atoms with Crippen LogP contribution in [0.5, 0.6) is 0 Å². The number of aliphatic hydroxyl groups excluding tert-OH is 1. The van der Waals surface area contributed by atoms with Crippen LogP contribution in [0.1, 0.15) is 192 Å². The molecule has 4 aliphatic rings. The van der Waals surface area contributed by atoms with Gasteiger partial charge in [0.15, 0.2) is 0 Å². The molecule has 95 heavy (non-hydrogen) atoms. The molecule has 2 aliphatic heterocycles. The van der Waals surface area contributed by atoms with Crippen LogP contribution >= 0.6 is 0 Å². The van der Waals surface area contributed by atoms with Crippen molar-refractivity contribution in [1.82, 2.24) is 60.5 Å². The van der Waals surface area contributed by atoms with Crippen molar-refractivity contribution in [3.63, 3.8) is 0 Å². The van der Waals surface area contributed by atoms with Gasteiger partial charge in [-0.3, -0.25) is 57.5 Å². The van der Waals surface area contributed by atoms with Crippen molar-refractivity contribution in [3.05, 3.63) is 0 Å². The first-order valence-electron chi connectivity index (χ1n) is 35.0. The molecule has 26 heteroatoms. The molecule has 2 saturated carbocycles. The number of carbonyl (C=O) groups is 12. The Morgan fingerprint density at radius 3 is 1.52 bits per heavy atom. The van der Waals surface area contributed by atoms with Gasteiger partial charge in [0, 0.05) is 62.4 Å². The molecule has 540 valence electrons. The number of piperidine rings is 1. The fraction of sp³-hybridized carbons (Fsp3) is 0.826. The van der Waals surface area contributed by atoms with Gasteiger partial charge in [-0.15, -0.1) is 0 Å². The lowest BCUT2D eigenvalue weighted by Crippen LogP contribution is -2.61. The van der Waals surface area contributed by atoms with E-state index in [2.05, 4.69) is 21.3 Å². The highest BCUT2D eigenvalue weighted by atomic mass is 19.1. The van der Waals surface area contributed by atoms with E-state index in [1.54, 1.807) is 4.90 Å². The zero-order chi connectivity index (χ0) is 71.6. The number of alkyl halides is 1. The first-order chi connectivity index (χ1) is 44.4. The Balaban J connectivity index is 1.88. The lowest BCUT2D eigenvalue weighted by Gasteiger charge is -2.38. The van der Waals surface area contributed by atoms with Crippen LogP contribution in [0.2, 0.25) is 0 Å². The van der Waals surface area contributed by atoms with Crippen molar-refractivity contribution in [2.75, 3.05) is 69.0 Å². The van der Waals surface area contributed by atoms with Crippen LogP contribution in [0.4, 0.5) is 4.39 Å². The molecule has 0 aromatic carbocycles. The summed E-state index contributed by atoms with van der Waals surface area (Å²) in [5.41, 5.74) is 0. The van der Waals surface area contributed by atoms with E-state index in [-0.39, 0.29) is 81.0 Å². The summed E-state index contributed by atoms with van der Waals surface area (Å²) in [5.74, 6) is -9.17. The quantitative estimate of drug-likeness (QED) is 0.175. The van der Waals surface area contributed by atoms with Gasteiger partial charge < -0.3 is 65.6 Å². The maximum Gasteiger partial charge on any atom is 0.245 e. The van der Waals surface area contributed by atoms with Gasteiger partial charge >= 0.3 is 0 Å². The lowest BCUT2D eigenvalue weighted by atomic mass is 9.82. The van der Waals surface area contributed by atoms with Gasteiger partial charge in [-0.2, -0.15) is 0 Å². The normalized spacial score (nSPS) is 30.0. The molecule has 4 fully saturated rings. The van der Waals surface area contributed by atoms with E-state index in [4.69, 9.17) is 0 Å². The Morgan fingerprint density at radius 1 is 0.463 bits per heavy atom. The van der Waals surface area contributed by atoms with Gasteiger partial charge in [-0.25, -0.2) is 4.39 Å². The molecule has 0 spiro atoms. The Labute approximate surface area is 565 Å². The third-order valence-corrected chi connectivity index (χ3v) is 20.0. The number of amides is 12. The Morgan fingerprint density at radius 2 is 0.958 bits per heavy atom. The second-order valence-corrected chi connectivity index (χ2v) is 29.7. The molecule has 25 nitrogen and oxygen atoms in total. The summed E-state index contributed by atoms with van der Waals surface area (Å²) in [4.78, 5) is 187. The number of nitrogens with one attached hydrogen (secondary N) is 4. The number of hydrogen-bond donors (Lipinski definition) is 5. The van der Waals surface area contributed by atoms with Gasteiger partial charge in [0.2, 0.25) is 70.9 Å². The highest BCUT2D eigenvalue weighted by molar-refractivity contribution is 6.00. The summed E-state index contributed by atoms with van der Waals surface area (Å²) in [5, 5.41) is 21.7. The van der Waals surface area contributed by atoms with Crippen molar-refractivity contribution in [2.45, 2.75) is 264 Å². The standard InChI is InChI=1S/C69H119FN12O13/c1-40(2)31-50-67(93)81(18)56(34-43(7)8)69(95)80(17)55(37-47-25-21-19-22-26-47)61(87)71-44(9)64(90)77(14)46(11)65(91)79(16)54(33-42(5)6)63(89)73-51(36-48-27-28-57(83)49(70)35-48)66(92)75(12)39-59(85)78(15)53(32-41(3)4)62(88)74-52(68(94)82-29-23-20-24-30-82)38-58(84)76(13)45(10)60(86)72-50/h40-57,83H,19-39H2,1-18H3,(H,71,87)(H,72,86)(H,73,89)(H,74,88)/t44-,45-,46-,48?,49?,50-,51-,52-,53-,54-,55-,56-,57?/m0/s1.